The van der Waals surface area contributed by atoms with Crippen molar-refractivity contribution in [3.05, 3.63) is 77.1 Å². The van der Waals surface area contributed by atoms with E-state index in [4.69, 9.17) is 19.7 Å². The minimum atomic E-state index is -0.484. The third-order valence-corrected chi connectivity index (χ3v) is 4.83. The van der Waals surface area contributed by atoms with Crippen LogP contribution >= 0.6 is 0 Å². The molecular weight excluding hydrogens is 394 g/mol. The molecule has 1 N–H and O–H groups in total. The van der Waals surface area contributed by atoms with E-state index in [1.807, 2.05) is 50.2 Å². The van der Waals surface area contributed by atoms with Crippen LogP contribution in [0.2, 0.25) is 0 Å². The molecule has 7 heteroatoms. The van der Waals surface area contributed by atoms with Gasteiger partial charge in [0, 0.05) is 6.08 Å². The van der Waals surface area contributed by atoms with Gasteiger partial charge in [-0.1, -0.05) is 36.4 Å². The fraction of sp³-hybridized carbons (Fsp3) is 0.208. The summed E-state index contributed by atoms with van der Waals surface area (Å²) in [4.78, 5) is 21.9. The number of hydrogen-bond acceptors (Lipinski definition) is 5. The van der Waals surface area contributed by atoms with Crippen molar-refractivity contribution in [2.45, 2.75) is 26.9 Å². The number of nitrogens with one attached hydrogen (secondary N) is 1. The molecule has 0 spiro atoms. The molecule has 0 saturated carbocycles. The molecule has 2 aromatic carbocycles. The summed E-state index contributed by atoms with van der Waals surface area (Å²) >= 11 is 0. The number of hydrogen-bond donors (Lipinski definition) is 1. The van der Waals surface area contributed by atoms with Crippen molar-refractivity contribution in [3.8, 4) is 11.5 Å². The van der Waals surface area contributed by atoms with Crippen LogP contribution in [0.25, 0.3) is 6.08 Å². The number of hydroxylamine groups is 2. The van der Waals surface area contributed by atoms with Crippen LogP contribution in [0.15, 0.2) is 70.9 Å². The van der Waals surface area contributed by atoms with E-state index in [0.29, 0.717) is 35.3 Å². The van der Waals surface area contributed by atoms with Gasteiger partial charge < -0.3 is 14.3 Å². The topological polar surface area (TPSA) is 84.2 Å². The number of benzene rings is 2. The summed E-state index contributed by atoms with van der Waals surface area (Å²) in [7, 11) is 0. The summed E-state index contributed by atoms with van der Waals surface area (Å²) < 4.78 is 11.9. The van der Waals surface area contributed by atoms with Gasteiger partial charge in [0.05, 0.1) is 12.2 Å². The number of aliphatic imine (C=N–C) groups is 1. The minimum absolute atomic E-state index is 0.0564. The number of nitrogens with zero attached hydrogens (tertiary/aromatic N) is 2. The molecule has 1 unspecified atom stereocenters. The Morgan fingerprint density at radius 1 is 1.19 bits per heavy atom. The van der Waals surface area contributed by atoms with Gasteiger partial charge in [-0.3, -0.25) is 10.2 Å². The van der Waals surface area contributed by atoms with Gasteiger partial charge in [0.15, 0.2) is 23.2 Å². The molecule has 1 atom stereocenters. The Morgan fingerprint density at radius 3 is 2.71 bits per heavy atom. The summed E-state index contributed by atoms with van der Waals surface area (Å²) in [6.45, 7) is 6.08. The van der Waals surface area contributed by atoms with Crippen LogP contribution < -0.4 is 9.47 Å². The third kappa shape index (κ3) is 4.21. The summed E-state index contributed by atoms with van der Waals surface area (Å²) in [5.74, 6) is 1.52. The molecule has 158 valence electrons. The molecule has 0 saturated heterocycles. The highest BCUT2D eigenvalue weighted by molar-refractivity contribution is 6.32. The standard InChI is InChI=1S/C24H23N3O4/c1-4-29-21-14-17(10-11-20(21)30-16(3)18-8-6-5-7-9-18)13-19-23(25)27-22(26-24(19)28)12-15(2)31-27/h5-14,16,25H,4H2,1-3H3/b19-13-,25-23?. The normalized spacial score (nSPS) is 17.6. The van der Waals surface area contributed by atoms with Crippen LogP contribution in [0.1, 0.15) is 38.0 Å². The number of carbonyl (C=O) groups excluding carboxylic acids is 1. The lowest BCUT2D eigenvalue weighted by Crippen LogP contribution is -2.38. The molecule has 2 aliphatic heterocycles. The number of allylic oxidation sites excluding steroid dienone is 1. The van der Waals surface area contributed by atoms with Crippen molar-refractivity contribution in [1.82, 2.24) is 5.06 Å². The van der Waals surface area contributed by atoms with E-state index in [9.17, 15) is 4.79 Å². The Hall–Kier alpha value is -3.87. The van der Waals surface area contributed by atoms with Crippen LogP contribution in [0.5, 0.6) is 11.5 Å². The molecule has 4 rings (SSSR count). The monoisotopic (exact) mass is 417 g/mol. The highest BCUT2D eigenvalue weighted by Crippen LogP contribution is 2.33. The third-order valence-electron chi connectivity index (χ3n) is 4.83. The molecular formula is C24H23N3O4. The number of amides is 1. The van der Waals surface area contributed by atoms with E-state index < -0.39 is 5.91 Å². The average molecular weight is 417 g/mol. The van der Waals surface area contributed by atoms with Crippen molar-refractivity contribution < 1.29 is 19.1 Å². The fourth-order valence-electron chi connectivity index (χ4n) is 3.33. The van der Waals surface area contributed by atoms with Crippen molar-refractivity contribution >= 4 is 23.7 Å². The first-order valence-corrected chi connectivity index (χ1v) is 10.0. The summed E-state index contributed by atoms with van der Waals surface area (Å²) in [5, 5.41) is 9.59. The molecule has 2 aromatic rings. The van der Waals surface area contributed by atoms with Crippen LogP contribution in [0, 0.1) is 5.41 Å². The maximum atomic E-state index is 12.5. The number of fused-ring (bicyclic) bond motifs is 1. The largest absolute Gasteiger partial charge is 0.490 e. The Morgan fingerprint density at radius 2 is 1.97 bits per heavy atom. The first-order chi connectivity index (χ1) is 15.0. The summed E-state index contributed by atoms with van der Waals surface area (Å²) in [6, 6.07) is 15.3. The predicted octanol–water partition coefficient (Wildman–Crippen LogP) is 4.68. The molecule has 2 heterocycles. The van der Waals surface area contributed by atoms with Crippen LogP contribution in [0.4, 0.5) is 0 Å². The van der Waals surface area contributed by atoms with E-state index in [1.54, 1.807) is 31.2 Å². The Balaban J connectivity index is 1.61. The van der Waals surface area contributed by atoms with Crippen LogP contribution in [-0.2, 0) is 9.63 Å². The summed E-state index contributed by atoms with van der Waals surface area (Å²) in [5.41, 5.74) is 1.89. The minimum Gasteiger partial charge on any atom is -0.490 e. The summed E-state index contributed by atoms with van der Waals surface area (Å²) in [6.07, 6.45) is 3.07. The van der Waals surface area contributed by atoms with E-state index in [1.165, 1.54) is 5.06 Å². The second kappa shape index (κ2) is 8.47. The second-order valence-electron chi connectivity index (χ2n) is 7.13. The lowest BCUT2D eigenvalue weighted by atomic mass is 10.1. The number of ether oxygens (including phenoxy) is 2. The zero-order valence-electron chi connectivity index (χ0n) is 17.6. The van der Waals surface area contributed by atoms with Crippen molar-refractivity contribution in [1.29, 1.82) is 5.41 Å². The van der Waals surface area contributed by atoms with E-state index in [-0.39, 0.29) is 17.5 Å². The zero-order valence-corrected chi connectivity index (χ0v) is 17.6. The van der Waals surface area contributed by atoms with E-state index >= 15 is 0 Å². The Bertz CT molecular complexity index is 1120. The van der Waals surface area contributed by atoms with E-state index in [0.717, 1.165) is 5.56 Å². The number of rotatable bonds is 6. The lowest BCUT2D eigenvalue weighted by molar-refractivity contribution is -0.114. The first kappa shape index (κ1) is 20.4. The van der Waals surface area contributed by atoms with Crippen LogP contribution in [-0.4, -0.2) is 29.2 Å². The molecule has 7 nitrogen and oxygen atoms in total. The van der Waals surface area contributed by atoms with Gasteiger partial charge in [-0.15, -0.1) is 5.06 Å². The molecule has 31 heavy (non-hydrogen) atoms. The fourth-order valence-corrected chi connectivity index (χ4v) is 3.33. The van der Waals surface area contributed by atoms with Crippen molar-refractivity contribution in [2.24, 2.45) is 4.99 Å². The highest BCUT2D eigenvalue weighted by atomic mass is 16.7. The van der Waals surface area contributed by atoms with E-state index in [2.05, 4.69) is 4.99 Å². The van der Waals surface area contributed by atoms with Gasteiger partial charge in [-0.05, 0) is 50.1 Å². The molecule has 1 amide bonds. The van der Waals surface area contributed by atoms with Gasteiger partial charge >= 0.3 is 0 Å². The van der Waals surface area contributed by atoms with Crippen molar-refractivity contribution in [2.75, 3.05) is 6.61 Å². The zero-order chi connectivity index (χ0) is 22.0. The molecule has 0 aromatic heterocycles. The lowest BCUT2D eigenvalue weighted by Gasteiger charge is -2.23. The maximum Gasteiger partial charge on any atom is 0.282 e. The number of carbonyl (C=O) groups is 1. The quantitative estimate of drug-likeness (QED) is 0.690. The second-order valence-corrected chi connectivity index (χ2v) is 7.13. The Labute approximate surface area is 180 Å². The smallest absolute Gasteiger partial charge is 0.282 e. The van der Waals surface area contributed by atoms with Gasteiger partial charge in [0.2, 0.25) is 0 Å². The SMILES string of the molecule is CCOc1cc(/C=C2/C(=N)N3OC(C)=CC3=NC2=O)ccc1OC(C)c1ccccc1. The highest BCUT2D eigenvalue weighted by Gasteiger charge is 2.34. The Kier molecular flexibility index (Phi) is 5.58. The molecule has 0 aliphatic carbocycles. The van der Waals surface area contributed by atoms with Crippen molar-refractivity contribution in [3.63, 3.8) is 0 Å². The van der Waals surface area contributed by atoms with Gasteiger partial charge in [-0.2, -0.15) is 4.99 Å². The number of amidine groups is 2. The van der Waals surface area contributed by atoms with Gasteiger partial charge in [0.25, 0.3) is 5.91 Å². The average Bonchev–Trinajstić information content (AvgIpc) is 3.14. The van der Waals surface area contributed by atoms with Gasteiger partial charge in [-0.25, -0.2) is 0 Å². The predicted molar refractivity (Wildman–Crippen MR) is 118 cm³/mol. The van der Waals surface area contributed by atoms with Gasteiger partial charge in [0.1, 0.15) is 11.9 Å². The van der Waals surface area contributed by atoms with Crippen LogP contribution in [0.3, 0.4) is 0 Å². The molecule has 0 bridgehead atoms. The first-order valence-electron chi connectivity index (χ1n) is 10.0. The molecule has 0 radical (unpaired) electrons. The maximum absolute atomic E-state index is 12.5. The molecule has 0 fully saturated rings. The molecule has 2 aliphatic rings.